The number of thioether (sulfide) groups is 1. The molecule has 0 atom stereocenters. The molecule has 0 aliphatic heterocycles. The molecule has 0 aliphatic carbocycles. The number of carboxylic acid groups (broad SMARTS) is 1. The molecule has 160 valence electrons. The van der Waals surface area contributed by atoms with E-state index in [2.05, 4.69) is 15.5 Å². The number of hydrogen-bond acceptors (Lipinski definition) is 5. The predicted molar refractivity (Wildman–Crippen MR) is 124 cm³/mol. The Bertz CT molecular complexity index is 1250. The van der Waals surface area contributed by atoms with Gasteiger partial charge in [-0.05, 0) is 37.3 Å². The van der Waals surface area contributed by atoms with Crippen molar-refractivity contribution in [2.24, 2.45) is 0 Å². The number of carbonyl (C=O) groups excluding carboxylic acids is 1. The molecule has 4 aromatic rings. The number of rotatable bonds is 7. The summed E-state index contributed by atoms with van der Waals surface area (Å²) < 4.78 is 1.93. The van der Waals surface area contributed by atoms with Crippen molar-refractivity contribution in [2.45, 2.75) is 12.1 Å². The SMILES string of the molecule is Cc1ccc(-n2c(SCC(=O)Nc3cccc(C(=O)O)c3)nnc2-c2ccccc2)cc1. The van der Waals surface area contributed by atoms with E-state index in [0.29, 0.717) is 16.7 Å². The topological polar surface area (TPSA) is 97.1 Å². The van der Waals surface area contributed by atoms with Crippen LogP contribution in [-0.4, -0.2) is 37.5 Å². The molecule has 0 fully saturated rings. The first kappa shape index (κ1) is 21.3. The van der Waals surface area contributed by atoms with Crippen LogP contribution < -0.4 is 5.32 Å². The molecule has 8 heteroatoms. The summed E-state index contributed by atoms with van der Waals surface area (Å²) in [5.41, 5.74) is 3.50. The summed E-state index contributed by atoms with van der Waals surface area (Å²) in [5.74, 6) is -0.533. The van der Waals surface area contributed by atoms with E-state index in [4.69, 9.17) is 5.11 Å². The lowest BCUT2D eigenvalue weighted by Crippen LogP contribution is -2.15. The zero-order valence-electron chi connectivity index (χ0n) is 17.2. The van der Waals surface area contributed by atoms with Gasteiger partial charge in [0.05, 0.1) is 11.3 Å². The van der Waals surface area contributed by atoms with Crippen LogP contribution in [0.1, 0.15) is 15.9 Å². The Morgan fingerprint density at radius 3 is 2.44 bits per heavy atom. The summed E-state index contributed by atoms with van der Waals surface area (Å²) in [6.07, 6.45) is 0. The fourth-order valence-electron chi connectivity index (χ4n) is 3.12. The third-order valence-electron chi connectivity index (χ3n) is 4.68. The first-order valence-corrected chi connectivity index (χ1v) is 10.8. The Hall–Kier alpha value is -3.91. The Morgan fingerprint density at radius 2 is 1.72 bits per heavy atom. The Kier molecular flexibility index (Phi) is 6.32. The number of aryl methyl sites for hydroxylation is 1. The van der Waals surface area contributed by atoms with Crippen molar-refractivity contribution in [3.8, 4) is 17.1 Å². The smallest absolute Gasteiger partial charge is 0.335 e. The molecule has 0 saturated heterocycles. The number of amides is 1. The van der Waals surface area contributed by atoms with Gasteiger partial charge in [0.2, 0.25) is 5.91 Å². The maximum atomic E-state index is 12.5. The lowest BCUT2D eigenvalue weighted by atomic mass is 10.2. The molecule has 0 unspecified atom stereocenters. The fourth-order valence-corrected chi connectivity index (χ4v) is 3.87. The molecule has 0 bridgehead atoms. The van der Waals surface area contributed by atoms with E-state index >= 15 is 0 Å². The average Bonchev–Trinajstić information content (AvgIpc) is 3.23. The van der Waals surface area contributed by atoms with Crippen LogP contribution >= 0.6 is 11.8 Å². The van der Waals surface area contributed by atoms with Crippen LogP contribution in [0.5, 0.6) is 0 Å². The van der Waals surface area contributed by atoms with Gasteiger partial charge < -0.3 is 10.4 Å². The van der Waals surface area contributed by atoms with Crippen molar-refractivity contribution < 1.29 is 14.7 Å². The third kappa shape index (κ3) is 4.87. The van der Waals surface area contributed by atoms with Gasteiger partial charge in [-0.3, -0.25) is 9.36 Å². The monoisotopic (exact) mass is 444 g/mol. The molecule has 7 nitrogen and oxygen atoms in total. The zero-order chi connectivity index (χ0) is 22.5. The van der Waals surface area contributed by atoms with Crippen molar-refractivity contribution >= 4 is 29.3 Å². The third-order valence-corrected chi connectivity index (χ3v) is 5.61. The van der Waals surface area contributed by atoms with Crippen LogP contribution in [0.3, 0.4) is 0 Å². The fraction of sp³-hybridized carbons (Fsp3) is 0.0833. The summed E-state index contributed by atoms with van der Waals surface area (Å²) >= 11 is 1.26. The Balaban J connectivity index is 1.56. The summed E-state index contributed by atoms with van der Waals surface area (Å²) in [6.45, 7) is 2.02. The first-order valence-electron chi connectivity index (χ1n) is 9.85. The molecule has 4 rings (SSSR count). The van der Waals surface area contributed by atoms with Crippen LogP contribution in [0.4, 0.5) is 5.69 Å². The van der Waals surface area contributed by atoms with Gasteiger partial charge >= 0.3 is 5.97 Å². The average molecular weight is 445 g/mol. The highest BCUT2D eigenvalue weighted by Crippen LogP contribution is 2.28. The van der Waals surface area contributed by atoms with E-state index in [1.165, 1.54) is 23.9 Å². The number of benzene rings is 3. The molecule has 0 saturated carbocycles. The quantitative estimate of drug-likeness (QED) is 0.402. The van der Waals surface area contributed by atoms with E-state index < -0.39 is 5.97 Å². The lowest BCUT2D eigenvalue weighted by Gasteiger charge is -2.11. The summed E-state index contributed by atoms with van der Waals surface area (Å²) in [7, 11) is 0. The summed E-state index contributed by atoms with van der Waals surface area (Å²) in [5, 5.41) is 21.1. The molecule has 2 N–H and O–H groups in total. The minimum absolute atomic E-state index is 0.0933. The van der Waals surface area contributed by atoms with Crippen molar-refractivity contribution in [1.82, 2.24) is 14.8 Å². The molecule has 0 aliphatic rings. The van der Waals surface area contributed by atoms with Crippen molar-refractivity contribution in [2.75, 3.05) is 11.1 Å². The number of carbonyl (C=O) groups is 2. The van der Waals surface area contributed by atoms with E-state index in [0.717, 1.165) is 16.8 Å². The highest BCUT2D eigenvalue weighted by atomic mass is 32.2. The van der Waals surface area contributed by atoms with Crippen LogP contribution in [0, 0.1) is 6.92 Å². The molecule has 1 amide bonds. The van der Waals surface area contributed by atoms with Gasteiger partial charge in [-0.25, -0.2) is 4.79 Å². The zero-order valence-corrected chi connectivity index (χ0v) is 18.0. The van der Waals surface area contributed by atoms with Gasteiger partial charge in [0.15, 0.2) is 11.0 Å². The molecule has 32 heavy (non-hydrogen) atoms. The van der Waals surface area contributed by atoms with E-state index in [9.17, 15) is 9.59 Å². The second kappa shape index (κ2) is 9.49. The van der Waals surface area contributed by atoms with Crippen LogP contribution in [-0.2, 0) is 4.79 Å². The minimum Gasteiger partial charge on any atom is -0.478 e. The van der Waals surface area contributed by atoms with E-state index in [1.807, 2.05) is 66.1 Å². The molecular weight excluding hydrogens is 424 g/mol. The largest absolute Gasteiger partial charge is 0.478 e. The highest BCUT2D eigenvalue weighted by Gasteiger charge is 2.17. The number of nitrogens with one attached hydrogen (secondary N) is 1. The van der Waals surface area contributed by atoms with Gasteiger partial charge in [-0.2, -0.15) is 0 Å². The van der Waals surface area contributed by atoms with Crippen molar-refractivity contribution in [1.29, 1.82) is 0 Å². The predicted octanol–water partition coefficient (Wildman–Crippen LogP) is 4.67. The molecule has 1 aromatic heterocycles. The van der Waals surface area contributed by atoms with Crippen LogP contribution in [0.2, 0.25) is 0 Å². The Morgan fingerprint density at radius 1 is 0.969 bits per heavy atom. The number of aromatic carboxylic acids is 1. The van der Waals surface area contributed by atoms with Crippen LogP contribution in [0.15, 0.2) is 84.0 Å². The number of hydrogen-bond donors (Lipinski definition) is 2. The molecule has 0 radical (unpaired) electrons. The second-order valence-corrected chi connectivity index (χ2v) is 8.01. The Labute approximate surface area is 189 Å². The van der Waals surface area contributed by atoms with E-state index in [-0.39, 0.29) is 17.2 Å². The van der Waals surface area contributed by atoms with Gasteiger partial charge in [0, 0.05) is 16.9 Å². The molecule has 1 heterocycles. The maximum absolute atomic E-state index is 12.5. The van der Waals surface area contributed by atoms with Gasteiger partial charge in [-0.15, -0.1) is 10.2 Å². The van der Waals surface area contributed by atoms with Gasteiger partial charge in [0.25, 0.3) is 0 Å². The normalized spacial score (nSPS) is 10.7. The number of anilines is 1. The van der Waals surface area contributed by atoms with Crippen LogP contribution in [0.25, 0.3) is 17.1 Å². The molecule has 3 aromatic carbocycles. The minimum atomic E-state index is -1.05. The lowest BCUT2D eigenvalue weighted by molar-refractivity contribution is -0.113. The first-order chi connectivity index (χ1) is 15.5. The van der Waals surface area contributed by atoms with E-state index in [1.54, 1.807) is 12.1 Å². The standard InChI is InChI=1S/C24H20N4O3S/c1-16-10-12-20(13-11-16)28-22(17-6-3-2-4-7-17)26-27-24(28)32-15-21(29)25-19-9-5-8-18(14-19)23(30)31/h2-14H,15H2,1H3,(H,25,29)(H,30,31). The number of nitrogens with zero attached hydrogens (tertiary/aromatic N) is 3. The number of carboxylic acids is 1. The second-order valence-electron chi connectivity index (χ2n) is 7.07. The molecular formula is C24H20N4O3S. The maximum Gasteiger partial charge on any atom is 0.335 e. The van der Waals surface area contributed by atoms with Crippen molar-refractivity contribution in [3.05, 3.63) is 90.0 Å². The summed E-state index contributed by atoms with van der Waals surface area (Å²) in [4.78, 5) is 23.6. The number of aromatic nitrogens is 3. The van der Waals surface area contributed by atoms with Gasteiger partial charge in [0.1, 0.15) is 0 Å². The van der Waals surface area contributed by atoms with Crippen molar-refractivity contribution in [3.63, 3.8) is 0 Å². The highest BCUT2D eigenvalue weighted by molar-refractivity contribution is 7.99. The van der Waals surface area contributed by atoms with Gasteiger partial charge in [-0.1, -0.05) is 65.9 Å². The molecule has 0 spiro atoms. The summed E-state index contributed by atoms with van der Waals surface area (Å²) in [6, 6.07) is 23.9.